The summed E-state index contributed by atoms with van der Waals surface area (Å²) in [6.07, 6.45) is 0.737. The molecule has 18 heavy (non-hydrogen) atoms. The van der Waals surface area contributed by atoms with Crippen molar-refractivity contribution in [3.8, 4) is 5.75 Å². The highest BCUT2D eigenvalue weighted by atomic mass is 79.9. The Balaban J connectivity index is 2.76. The second-order valence-electron chi connectivity index (χ2n) is 3.76. The predicted octanol–water partition coefficient (Wildman–Crippen LogP) is 2.58. The average molecular weight is 337 g/mol. The summed E-state index contributed by atoms with van der Waals surface area (Å²) in [5, 5.41) is 13.6. The van der Waals surface area contributed by atoms with Gasteiger partial charge in [0.25, 0.3) is 5.91 Å². The Bertz CT molecular complexity index is 408. The molecule has 1 aromatic carbocycles. The normalized spacial score (nSPS) is 12.2. The van der Waals surface area contributed by atoms with E-state index in [4.69, 9.17) is 16.3 Å². The molecule has 0 aliphatic heterocycles. The first-order valence-corrected chi connectivity index (χ1v) is 6.92. The van der Waals surface area contributed by atoms with Gasteiger partial charge >= 0.3 is 0 Å². The molecule has 0 aromatic heterocycles. The highest BCUT2D eigenvalue weighted by molar-refractivity contribution is 9.09. The summed E-state index contributed by atoms with van der Waals surface area (Å²) < 4.78 is 5.02. The van der Waals surface area contributed by atoms with E-state index in [0.717, 1.165) is 11.8 Å². The van der Waals surface area contributed by atoms with Crippen molar-refractivity contribution in [3.63, 3.8) is 0 Å². The summed E-state index contributed by atoms with van der Waals surface area (Å²) in [4.78, 5) is 12.0. The van der Waals surface area contributed by atoms with Crippen molar-refractivity contribution < 1.29 is 14.6 Å². The van der Waals surface area contributed by atoms with Crippen LogP contribution in [-0.2, 0) is 4.74 Å². The maximum Gasteiger partial charge on any atom is 0.255 e. The number of carbonyl (C=O) groups is 1. The number of benzene rings is 1. The van der Waals surface area contributed by atoms with Gasteiger partial charge in [-0.15, -0.1) is 0 Å². The quantitative estimate of drug-likeness (QED) is 0.785. The van der Waals surface area contributed by atoms with E-state index in [1.54, 1.807) is 7.11 Å². The van der Waals surface area contributed by atoms with Crippen LogP contribution in [0.5, 0.6) is 5.75 Å². The lowest BCUT2D eigenvalue weighted by Crippen LogP contribution is -2.38. The van der Waals surface area contributed by atoms with E-state index in [1.807, 2.05) is 0 Å². The number of phenolic OH excluding ortho intramolecular Hbond substituents is 1. The van der Waals surface area contributed by atoms with Gasteiger partial charge in [0.15, 0.2) is 0 Å². The van der Waals surface area contributed by atoms with Crippen molar-refractivity contribution in [1.82, 2.24) is 5.32 Å². The average Bonchev–Trinajstić information content (AvgIpc) is 2.33. The van der Waals surface area contributed by atoms with E-state index in [9.17, 15) is 9.90 Å². The summed E-state index contributed by atoms with van der Waals surface area (Å²) in [7, 11) is 1.57. The van der Waals surface area contributed by atoms with Crippen LogP contribution in [0.2, 0.25) is 5.02 Å². The van der Waals surface area contributed by atoms with E-state index < -0.39 is 0 Å². The van der Waals surface area contributed by atoms with Crippen LogP contribution >= 0.6 is 27.5 Å². The van der Waals surface area contributed by atoms with E-state index in [-0.39, 0.29) is 23.3 Å². The third-order valence-corrected chi connectivity index (χ3v) is 3.06. The van der Waals surface area contributed by atoms with Gasteiger partial charge in [-0.1, -0.05) is 27.5 Å². The number of hydrogen-bond acceptors (Lipinski definition) is 3. The second kappa shape index (κ2) is 7.61. The number of phenols is 1. The molecule has 0 saturated heterocycles. The lowest BCUT2D eigenvalue weighted by Gasteiger charge is -2.17. The first-order chi connectivity index (χ1) is 8.58. The van der Waals surface area contributed by atoms with Gasteiger partial charge in [-0.25, -0.2) is 0 Å². The summed E-state index contributed by atoms with van der Waals surface area (Å²) in [5.74, 6) is -0.454. The van der Waals surface area contributed by atoms with Gasteiger partial charge in [0.05, 0.1) is 18.2 Å². The Morgan fingerprint density at radius 2 is 2.33 bits per heavy atom. The first kappa shape index (κ1) is 15.3. The number of nitrogens with one attached hydrogen (secondary N) is 1. The Labute approximate surface area is 119 Å². The largest absolute Gasteiger partial charge is 0.507 e. The van der Waals surface area contributed by atoms with Crippen molar-refractivity contribution in [1.29, 1.82) is 0 Å². The summed E-state index contributed by atoms with van der Waals surface area (Å²) in [6.45, 7) is 0.415. The Morgan fingerprint density at radius 1 is 1.61 bits per heavy atom. The van der Waals surface area contributed by atoms with Crippen LogP contribution in [0, 0.1) is 0 Å². The van der Waals surface area contributed by atoms with Crippen molar-refractivity contribution in [2.24, 2.45) is 0 Å². The molecule has 1 rings (SSSR count). The third kappa shape index (κ3) is 4.48. The lowest BCUT2D eigenvalue weighted by molar-refractivity contribution is 0.0893. The van der Waals surface area contributed by atoms with Crippen LogP contribution in [-0.4, -0.2) is 36.1 Å². The Kier molecular flexibility index (Phi) is 6.46. The first-order valence-electron chi connectivity index (χ1n) is 5.42. The number of halogens is 2. The summed E-state index contributed by atoms with van der Waals surface area (Å²) >= 11 is 9.11. The molecular formula is C12H15BrClNO3. The molecular weight excluding hydrogens is 321 g/mol. The highest BCUT2D eigenvalue weighted by Crippen LogP contribution is 2.21. The summed E-state index contributed by atoms with van der Waals surface area (Å²) in [5.41, 5.74) is 0.165. The zero-order chi connectivity index (χ0) is 13.5. The fourth-order valence-electron chi connectivity index (χ4n) is 1.48. The molecule has 2 N–H and O–H groups in total. The molecule has 1 amide bonds. The van der Waals surface area contributed by atoms with E-state index in [2.05, 4.69) is 21.2 Å². The SMILES string of the molecule is COCC(CCBr)NC(=O)c1cc(Cl)ccc1O. The van der Waals surface area contributed by atoms with E-state index in [1.165, 1.54) is 18.2 Å². The standard InChI is InChI=1S/C12H15BrClNO3/c1-18-7-9(4-5-13)15-12(17)10-6-8(14)2-3-11(10)16/h2-3,6,9,16H,4-5,7H2,1H3,(H,15,17). The van der Waals surface area contributed by atoms with Crippen molar-refractivity contribution in [2.75, 3.05) is 19.0 Å². The number of alkyl halides is 1. The van der Waals surface area contributed by atoms with Crippen LogP contribution in [0.3, 0.4) is 0 Å². The van der Waals surface area contributed by atoms with Gasteiger partial charge in [-0.05, 0) is 24.6 Å². The molecule has 0 aliphatic rings. The van der Waals surface area contributed by atoms with Gasteiger partial charge in [0, 0.05) is 17.5 Å². The highest BCUT2D eigenvalue weighted by Gasteiger charge is 2.16. The minimum absolute atomic E-state index is 0.0908. The number of hydrogen-bond donors (Lipinski definition) is 2. The number of aromatic hydroxyl groups is 1. The second-order valence-corrected chi connectivity index (χ2v) is 4.99. The van der Waals surface area contributed by atoms with Crippen molar-refractivity contribution in [3.05, 3.63) is 28.8 Å². The molecule has 100 valence electrons. The monoisotopic (exact) mass is 335 g/mol. The van der Waals surface area contributed by atoms with Crippen LogP contribution in [0.25, 0.3) is 0 Å². The number of amides is 1. The Morgan fingerprint density at radius 3 is 2.94 bits per heavy atom. The van der Waals surface area contributed by atoms with Crippen molar-refractivity contribution in [2.45, 2.75) is 12.5 Å². The van der Waals surface area contributed by atoms with Crippen LogP contribution < -0.4 is 5.32 Å². The van der Waals surface area contributed by atoms with Crippen LogP contribution in [0.4, 0.5) is 0 Å². The maximum atomic E-state index is 12.0. The van der Waals surface area contributed by atoms with E-state index >= 15 is 0 Å². The smallest absolute Gasteiger partial charge is 0.255 e. The number of rotatable bonds is 6. The molecule has 1 unspecified atom stereocenters. The Hall–Kier alpha value is -0.780. The van der Waals surface area contributed by atoms with Crippen LogP contribution in [0.1, 0.15) is 16.8 Å². The molecule has 6 heteroatoms. The predicted molar refractivity (Wildman–Crippen MR) is 74.7 cm³/mol. The molecule has 0 aliphatic carbocycles. The number of ether oxygens (including phenoxy) is 1. The molecule has 0 spiro atoms. The fourth-order valence-corrected chi connectivity index (χ4v) is 2.21. The molecule has 0 radical (unpaired) electrons. The van der Waals surface area contributed by atoms with Crippen LogP contribution in [0.15, 0.2) is 18.2 Å². The molecule has 0 bridgehead atoms. The fraction of sp³-hybridized carbons (Fsp3) is 0.417. The molecule has 1 atom stereocenters. The van der Waals surface area contributed by atoms with Gasteiger partial charge in [0.1, 0.15) is 5.75 Å². The zero-order valence-electron chi connectivity index (χ0n) is 9.95. The van der Waals surface area contributed by atoms with Gasteiger partial charge in [-0.2, -0.15) is 0 Å². The van der Waals surface area contributed by atoms with Gasteiger partial charge in [0.2, 0.25) is 0 Å². The molecule has 4 nitrogen and oxygen atoms in total. The van der Waals surface area contributed by atoms with E-state index in [0.29, 0.717) is 11.6 Å². The lowest BCUT2D eigenvalue weighted by atomic mass is 10.1. The van der Waals surface area contributed by atoms with Crippen molar-refractivity contribution >= 4 is 33.4 Å². The molecule has 1 aromatic rings. The van der Waals surface area contributed by atoms with Gasteiger partial charge < -0.3 is 15.2 Å². The minimum atomic E-state index is -0.363. The minimum Gasteiger partial charge on any atom is -0.507 e. The third-order valence-electron chi connectivity index (χ3n) is 2.36. The van der Waals surface area contributed by atoms with Gasteiger partial charge in [-0.3, -0.25) is 4.79 Å². The number of methoxy groups -OCH3 is 1. The molecule has 0 saturated carbocycles. The number of carbonyl (C=O) groups excluding carboxylic acids is 1. The molecule has 0 fully saturated rings. The summed E-state index contributed by atoms with van der Waals surface area (Å²) in [6, 6.07) is 4.25. The molecule has 0 heterocycles. The topological polar surface area (TPSA) is 58.6 Å². The zero-order valence-corrected chi connectivity index (χ0v) is 12.3. The maximum absolute atomic E-state index is 12.0.